The smallest absolute Gasteiger partial charge is 0.373 e. The quantitative estimate of drug-likeness (QED) is 0.528. The maximum Gasteiger partial charge on any atom is 0.373 e. The van der Waals surface area contributed by atoms with Gasteiger partial charge in [-0.15, -0.1) is 0 Å². The number of sulfone groups is 1. The molecule has 0 aliphatic carbocycles. The molecule has 11 heteroatoms. The number of fused-ring (bicyclic) bond motifs is 3. The van der Waals surface area contributed by atoms with Crippen LogP contribution in [0.5, 0.6) is 0 Å². The summed E-state index contributed by atoms with van der Waals surface area (Å²) in [5.41, 5.74) is 1.50. The zero-order valence-electron chi connectivity index (χ0n) is 17.8. The molecule has 0 N–H and O–H groups in total. The number of aromatic nitrogens is 2. The van der Waals surface area contributed by atoms with E-state index >= 15 is 0 Å². The van der Waals surface area contributed by atoms with Gasteiger partial charge in [-0.3, -0.25) is 9.48 Å². The molecule has 0 atom stereocenters. The van der Waals surface area contributed by atoms with Crippen LogP contribution in [0, 0.1) is 0 Å². The topological polar surface area (TPSA) is 121 Å². The van der Waals surface area contributed by atoms with Gasteiger partial charge in [-0.25, -0.2) is 13.2 Å². The number of amides is 1. The maximum atomic E-state index is 13.3. The van der Waals surface area contributed by atoms with Crippen molar-refractivity contribution < 1.29 is 31.9 Å². The van der Waals surface area contributed by atoms with Crippen molar-refractivity contribution >= 4 is 21.7 Å². The molecule has 1 saturated heterocycles. The predicted octanol–water partition coefficient (Wildman–Crippen LogP) is 1.74. The van der Waals surface area contributed by atoms with Crippen LogP contribution in [0.3, 0.4) is 0 Å². The first-order valence-corrected chi connectivity index (χ1v) is 12.0. The average molecular weight is 471 g/mol. The van der Waals surface area contributed by atoms with Crippen molar-refractivity contribution in [3.05, 3.63) is 59.2 Å². The molecule has 1 aromatic carbocycles. The van der Waals surface area contributed by atoms with Crippen LogP contribution in [0.15, 0.2) is 45.7 Å². The summed E-state index contributed by atoms with van der Waals surface area (Å²) in [6.45, 7) is 1.75. The lowest BCUT2D eigenvalue weighted by Crippen LogP contribution is -2.41. The number of ether oxygens (including phenoxy) is 2. The highest BCUT2D eigenvalue weighted by Gasteiger charge is 2.37. The SMILES string of the molecule is COC(=O)c1ccc(Cn2nc(C(=O)N3CCOCC3)c3c2-c2ccccc2S(=O)(=O)C3)o1. The van der Waals surface area contributed by atoms with Crippen LogP contribution in [0.2, 0.25) is 0 Å². The average Bonchev–Trinajstić information content (AvgIpc) is 3.43. The predicted molar refractivity (Wildman–Crippen MR) is 114 cm³/mol. The number of esters is 1. The highest BCUT2D eigenvalue weighted by molar-refractivity contribution is 7.90. The van der Waals surface area contributed by atoms with Crippen molar-refractivity contribution in [1.29, 1.82) is 0 Å². The fraction of sp³-hybridized carbons (Fsp3) is 0.318. The third kappa shape index (κ3) is 3.72. The van der Waals surface area contributed by atoms with Crippen LogP contribution in [0.1, 0.15) is 32.4 Å². The van der Waals surface area contributed by atoms with E-state index < -0.39 is 15.8 Å². The van der Waals surface area contributed by atoms with E-state index in [4.69, 9.17) is 9.15 Å². The van der Waals surface area contributed by atoms with Crippen LogP contribution >= 0.6 is 0 Å². The Morgan fingerprint density at radius 1 is 1.12 bits per heavy atom. The summed E-state index contributed by atoms with van der Waals surface area (Å²) in [5, 5.41) is 4.54. The number of morpholine rings is 1. The Labute approximate surface area is 189 Å². The largest absolute Gasteiger partial charge is 0.463 e. The second-order valence-electron chi connectivity index (χ2n) is 7.75. The number of methoxy groups -OCH3 is 1. The van der Waals surface area contributed by atoms with Gasteiger partial charge in [0.1, 0.15) is 5.76 Å². The molecule has 4 heterocycles. The maximum absolute atomic E-state index is 13.3. The van der Waals surface area contributed by atoms with Gasteiger partial charge in [0.15, 0.2) is 15.5 Å². The molecule has 2 aliphatic rings. The molecule has 33 heavy (non-hydrogen) atoms. The molecule has 0 unspecified atom stereocenters. The lowest BCUT2D eigenvalue weighted by Gasteiger charge is -2.26. The van der Waals surface area contributed by atoms with Gasteiger partial charge in [0.2, 0.25) is 5.76 Å². The van der Waals surface area contributed by atoms with Crippen molar-refractivity contribution in [3.8, 4) is 11.3 Å². The van der Waals surface area contributed by atoms with Gasteiger partial charge in [0.05, 0.1) is 43.2 Å². The number of hydrogen-bond acceptors (Lipinski definition) is 8. The Balaban J connectivity index is 1.63. The Kier molecular flexibility index (Phi) is 5.29. The van der Waals surface area contributed by atoms with E-state index in [0.717, 1.165) is 0 Å². The van der Waals surface area contributed by atoms with Gasteiger partial charge in [-0.1, -0.05) is 18.2 Å². The lowest BCUT2D eigenvalue weighted by atomic mass is 10.1. The lowest BCUT2D eigenvalue weighted by molar-refractivity contribution is 0.0298. The van der Waals surface area contributed by atoms with Crippen molar-refractivity contribution in [2.45, 2.75) is 17.2 Å². The molecule has 5 rings (SSSR count). The standard InChI is InChI=1S/C22H21N3O7S/c1-30-22(27)17-7-6-14(32-17)12-25-20-15-4-2-3-5-18(15)33(28,29)13-16(20)19(23-25)21(26)24-8-10-31-11-9-24/h2-7H,8-13H2,1H3. The first-order valence-electron chi connectivity index (χ1n) is 10.3. The van der Waals surface area contributed by atoms with Crippen LogP contribution in [0.25, 0.3) is 11.3 Å². The number of carbonyl (C=O) groups excluding carboxylic acids is 2. The third-order valence-electron chi connectivity index (χ3n) is 5.72. The summed E-state index contributed by atoms with van der Waals surface area (Å²) in [5.74, 6) is -0.810. The Hall–Kier alpha value is -3.44. The molecular weight excluding hydrogens is 450 g/mol. The van der Waals surface area contributed by atoms with E-state index in [9.17, 15) is 18.0 Å². The third-order valence-corrected chi connectivity index (χ3v) is 7.41. The molecule has 172 valence electrons. The fourth-order valence-electron chi connectivity index (χ4n) is 4.16. The summed E-state index contributed by atoms with van der Waals surface area (Å²) in [6, 6.07) is 9.78. The molecule has 2 aromatic heterocycles. The molecule has 0 radical (unpaired) electrons. The molecule has 1 amide bonds. The van der Waals surface area contributed by atoms with Crippen LogP contribution in [-0.4, -0.2) is 68.4 Å². The fourth-order valence-corrected chi connectivity index (χ4v) is 5.76. The van der Waals surface area contributed by atoms with Gasteiger partial charge < -0.3 is 18.8 Å². The Morgan fingerprint density at radius 3 is 2.64 bits per heavy atom. The highest BCUT2D eigenvalue weighted by atomic mass is 32.2. The second kappa shape index (κ2) is 8.16. The molecule has 10 nitrogen and oxygen atoms in total. The number of hydrogen-bond donors (Lipinski definition) is 0. The summed E-state index contributed by atoms with van der Waals surface area (Å²) < 4.78 is 43.2. The number of furan rings is 1. The molecule has 2 aliphatic heterocycles. The molecule has 0 bridgehead atoms. The highest BCUT2D eigenvalue weighted by Crippen LogP contribution is 2.40. The van der Waals surface area contributed by atoms with E-state index in [2.05, 4.69) is 9.84 Å². The Bertz CT molecular complexity index is 1350. The van der Waals surface area contributed by atoms with E-state index in [0.29, 0.717) is 48.9 Å². The van der Waals surface area contributed by atoms with Crippen molar-refractivity contribution in [3.63, 3.8) is 0 Å². The molecular formula is C22H21N3O7S. The number of rotatable bonds is 4. The molecule has 3 aromatic rings. The van der Waals surface area contributed by atoms with Crippen molar-refractivity contribution in [2.24, 2.45) is 0 Å². The van der Waals surface area contributed by atoms with Crippen molar-refractivity contribution in [2.75, 3.05) is 33.4 Å². The van der Waals surface area contributed by atoms with Gasteiger partial charge in [-0.05, 0) is 18.2 Å². The minimum Gasteiger partial charge on any atom is -0.463 e. The summed E-state index contributed by atoms with van der Waals surface area (Å²) in [6.07, 6.45) is 0. The molecule has 0 spiro atoms. The van der Waals surface area contributed by atoms with Gasteiger partial charge in [0.25, 0.3) is 5.91 Å². The monoisotopic (exact) mass is 471 g/mol. The van der Waals surface area contributed by atoms with Gasteiger partial charge in [0, 0.05) is 24.2 Å². The van der Waals surface area contributed by atoms with Gasteiger partial charge >= 0.3 is 5.97 Å². The second-order valence-corrected chi connectivity index (χ2v) is 9.71. The zero-order chi connectivity index (χ0) is 23.2. The normalized spacial score (nSPS) is 16.7. The number of carbonyl (C=O) groups is 2. The minimum atomic E-state index is -3.65. The first-order chi connectivity index (χ1) is 15.9. The van der Waals surface area contributed by atoms with E-state index in [-0.39, 0.29) is 34.6 Å². The van der Waals surface area contributed by atoms with E-state index in [1.54, 1.807) is 39.9 Å². The zero-order valence-corrected chi connectivity index (χ0v) is 18.6. The Morgan fingerprint density at radius 2 is 1.88 bits per heavy atom. The number of benzene rings is 1. The van der Waals surface area contributed by atoms with Crippen LogP contribution in [-0.2, 0) is 31.6 Å². The van der Waals surface area contributed by atoms with Crippen molar-refractivity contribution in [1.82, 2.24) is 14.7 Å². The summed E-state index contributed by atoms with van der Waals surface area (Å²) >= 11 is 0. The number of nitrogens with zero attached hydrogens (tertiary/aromatic N) is 3. The van der Waals surface area contributed by atoms with E-state index in [1.807, 2.05) is 0 Å². The van der Waals surface area contributed by atoms with Crippen LogP contribution in [0.4, 0.5) is 0 Å². The summed E-state index contributed by atoms with van der Waals surface area (Å²) in [4.78, 5) is 26.9. The first kappa shape index (κ1) is 21.4. The summed E-state index contributed by atoms with van der Waals surface area (Å²) in [7, 11) is -2.39. The molecule has 1 fully saturated rings. The van der Waals surface area contributed by atoms with E-state index in [1.165, 1.54) is 13.2 Å². The minimum absolute atomic E-state index is 0.0427. The van der Waals surface area contributed by atoms with Gasteiger partial charge in [-0.2, -0.15) is 5.10 Å². The molecule has 0 saturated carbocycles. The van der Waals surface area contributed by atoms with Crippen LogP contribution < -0.4 is 0 Å².